The fraction of sp³-hybridized carbons (Fsp3) is 0.267. The first-order chi connectivity index (χ1) is 9.19. The number of amides is 1. The molecule has 4 nitrogen and oxygen atoms in total. The van der Waals surface area contributed by atoms with Crippen molar-refractivity contribution >= 4 is 11.6 Å². The highest BCUT2D eigenvalue weighted by molar-refractivity contribution is 5.94. The summed E-state index contributed by atoms with van der Waals surface area (Å²) in [7, 11) is 1.85. The standard InChI is InChI=1S/C15H18N2O2/c1-11(10-14-4-3-9-19-14)17-15(18)12-5-7-13(16-2)8-6-12/h3-9,11,16H,10H2,1-2H3,(H,17,18). The first-order valence-corrected chi connectivity index (χ1v) is 6.30. The normalized spacial score (nSPS) is 11.9. The summed E-state index contributed by atoms with van der Waals surface area (Å²) in [6, 6.07) is 11.2. The number of carbonyl (C=O) groups is 1. The van der Waals surface area contributed by atoms with Gasteiger partial charge in [-0.25, -0.2) is 0 Å². The Morgan fingerprint density at radius 3 is 2.58 bits per heavy atom. The number of benzene rings is 1. The molecule has 2 rings (SSSR count). The number of rotatable bonds is 5. The Balaban J connectivity index is 1.92. The highest BCUT2D eigenvalue weighted by atomic mass is 16.3. The van der Waals surface area contributed by atoms with Crippen molar-refractivity contribution in [3.63, 3.8) is 0 Å². The minimum Gasteiger partial charge on any atom is -0.469 e. The van der Waals surface area contributed by atoms with Crippen LogP contribution in [0.15, 0.2) is 47.1 Å². The molecule has 19 heavy (non-hydrogen) atoms. The van der Waals surface area contributed by atoms with Crippen molar-refractivity contribution in [2.75, 3.05) is 12.4 Å². The van der Waals surface area contributed by atoms with E-state index in [0.717, 1.165) is 11.4 Å². The second-order valence-corrected chi connectivity index (χ2v) is 4.49. The van der Waals surface area contributed by atoms with Gasteiger partial charge in [0.2, 0.25) is 0 Å². The van der Waals surface area contributed by atoms with Crippen LogP contribution in [0.4, 0.5) is 5.69 Å². The van der Waals surface area contributed by atoms with Gasteiger partial charge in [0, 0.05) is 30.8 Å². The minimum atomic E-state index is -0.0679. The summed E-state index contributed by atoms with van der Waals surface area (Å²) in [6.45, 7) is 1.96. The average Bonchev–Trinajstić information content (AvgIpc) is 2.91. The second kappa shape index (κ2) is 6.09. The molecule has 2 aromatic rings. The molecule has 0 spiro atoms. The van der Waals surface area contributed by atoms with Crippen molar-refractivity contribution in [3.8, 4) is 0 Å². The van der Waals surface area contributed by atoms with E-state index in [4.69, 9.17) is 4.42 Å². The van der Waals surface area contributed by atoms with Crippen molar-refractivity contribution in [2.24, 2.45) is 0 Å². The van der Waals surface area contributed by atoms with Crippen molar-refractivity contribution < 1.29 is 9.21 Å². The van der Waals surface area contributed by atoms with Gasteiger partial charge in [-0.15, -0.1) is 0 Å². The Labute approximate surface area is 112 Å². The van der Waals surface area contributed by atoms with Crippen molar-refractivity contribution in [2.45, 2.75) is 19.4 Å². The Morgan fingerprint density at radius 2 is 2.00 bits per heavy atom. The SMILES string of the molecule is CNc1ccc(C(=O)NC(C)Cc2ccco2)cc1. The van der Waals surface area contributed by atoms with Crippen LogP contribution in [0.2, 0.25) is 0 Å². The van der Waals surface area contributed by atoms with Crippen LogP contribution in [-0.2, 0) is 6.42 Å². The topological polar surface area (TPSA) is 54.3 Å². The lowest BCUT2D eigenvalue weighted by Crippen LogP contribution is -2.33. The molecule has 2 N–H and O–H groups in total. The number of hydrogen-bond acceptors (Lipinski definition) is 3. The third kappa shape index (κ3) is 3.61. The van der Waals surface area contributed by atoms with E-state index in [1.165, 1.54) is 0 Å². The molecule has 0 bridgehead atoms. The molecule has 0 aliphatic heterocycles. The smallest absolute Gasteiger partial charge is 0.251 e. The van der Waals surface area contributed by atoms with Gasteiger partial charge < -0.3 is 15.1 Å². The second-order valence-electron chi connectivity index (χ2n) is 4.49. The van der Waals surface area contributed by atoms with E-state index in [0.29, 0.717) is 12.0 Å². The lowest BCUT2D eigenvalue weighted by molar-refractivity contribution is 0.0939. The lowest BCUT2D eigenvalue weighted by atomic mass is 10.1. The molecule has 0 fully saturated rings. The molecule has 0 aliphatic rings. The fourth-order valence-corrected chi connectivity index (χ4v) is 1.88. The average molecular weight is 258 g/mol. The molecule has 4 heteroatoms. The first-order valence-electron chi connectivity index (χ1n) is 6.30. The van der Waals surface area contributed by atoms with Gasteiger partial charge in [0.25, 0.3) is 5.91 Å². The predicted octanol–water partition coefficient (Wildman–Crippen LogP) is 2.68. The van der Waals surface area contributed by atoms with Crippen molar-refractivity contribution in [1.82, 2.24) is 5.32 Å². The molecule has 100 valence electrons. The maximum Gasteiger partial charge on any atom is 0.251 e. The Morgan fingerprint density at radius 1 is 1.26 bits per heavy atom. The Bertz CT molecular complexity index is 518. The van der Waals surface area contributed by atoms with E-state index in [1.54, 1.807) is 18.4 Å². The van der Waals surface area contributed by atoms with Crippen LogP contribution in [0.25, 0.3) is 0 Å². The number of carbonyl (C=O) groups excluding carboxylic acids is 1. The van der Waals surface area contributed by atoms with Gasteiger partial charge in [-0.1, -0.05) is 0 Å². The molecular weight excluding hydrogens is 240 g/mol. The third-order valence-electron chi connectivity index (χ3n) is 2.90. The van der Waals surface area contributed by atoms with Gasteiger partial charge in [-0.3, -0.25) is 4.79 Å². The monoisotopic (exact) mass is 258 g/mol. The molecule has 1 heterocycles. The van der Waals surface area contributed by atoms with Crippen molar-refractivity contribution in [3.05, 3.63) is 54.0 Å². The van der Waals surface area contributed by atoms with Crippen LogP contribution in [0.3, 0.4) is 0 Å². The molecular formula is C15H18N2O2. The summed E-state index contributed by atoms with van der Waals surface area (Å²) in [5.41, 5.74) is 1.64. The molecule has 0 saturated heterocycles. The molecule has 1 unspecified atom stereocenters. The van der Waals surface area contributed by atoms with Gasteiger partial charge in [0.1, 0.15) is 5.76 Å². The first kappa shape index (κ1) is 13.2. The summed E-state index contributed by atoms with van der Waals surface area (Å²) in [6.07, 6.45) is 2.33. The zero-order valence-corrected chi connectivity index (χ0v) is 11.1. The summed E-state index contributed by atoms with van der Waals surface area (Å²) in [5, 5.41) is 5.97. The van der Waals surface area contributed by atoms with Gasteiger partial charge in [0.05, 0.1) is 6.26 Å². The number of hydrogen-bond donors (Lipinski definition) is 2. The number of anilines is 1. The maximum absolute atomic E-state index is 12.0. The molecule has 0 saturated carbocycles. The highest BCUT2D eigenvalue weighted by Crippen LogP contribution is 2.09. The Kier molecular flexibility index (Phi) is 4.23. The molecule has 0 aliphatic carbocycles. The fourth-order valence-electron chi connectivity index (χ4n) is 1.88. The quantitative estimate of drug-likeness (QED) is 0.867. The third-order valence-corrected chi connectivity index (χ3v) is 2.90. The van der Waals surface area contributed by atoms with Crippen LogP contribution in [0.5, 0.6) is 0 Å². The van der Waals surface area contributed by atoms with E-state index >= 15 is 0 Å². The number of nitrogens with one attached hydrogen (secondary N) is 2. The summed E-state index contributed by atoms with van der Waals surface area (Å²) < 4.78 is 5.26. The Hall–Kier alpha value is -2.23. The van der Waals surface area contributed by atoms with E-state index in [9.17, 15) is 4.79 Å². The highest BCUT2D eigenvalue weighted by Gasteiger charge is 2.11. The van der Waals surface area contributed by atoms with E-state index in [2.05, 4.69) is 10.6 Å². The summed E-state index contributed by atoms with van der Waals surface area (Å²) in [5.74, 6) is 0.806. The van der Waals surface area contributed by atoms with Gasteiger partial charge in [0.15, 0.2) is 0 Å². The van der Waals surface area contributed by atoms with E-state index in [-0.39, 0.29) is 11.9 Å². The molecule has 1 aromatic carbocycles. The van der Waals surface area contributed by atoms with Crippen LogP contribution < -0.4 is 10.6 Å². The molecule has 1 amide bonds. The van der Waals surface area contributed by atoms with E-state index < -0.39 is 0 Å². The van der Waals surface area contributed by atoms with Gasteiger partial charge >= 0.3 is 0 Å². The van der Waals surface area contributed by atoms with Crippen LogP contribution in [-0.4, -0.2) is 19.0 Å². The molecule has 1 aromatic heterocycles. The molecule has 1 atom stereocenters. The zero-order chi connectivity index (χ0) is 13.7. The molecule has 0 radical (unpaired) electrons. The van der Waals surface area contributed by atoms with Crippen LogP contribution in [0, 0.1) is 0 Å². The van der Waals surface area contributed by atoms with Gasteiger partial charge in [-0.2, -0.15) is 0 Å². The minimum absolute atomic E-state index is 0.0302. The summed E-state index contributed by atoms with van der Waals surface area (Å²) >= 11 is 0. The van der Waals surface area contributed by atoms with E-state index in [1.807, 2.05) is 38.2 Å². The maximum atomic E-state index is 12.0. The summed E-state index contributed by atoms with van der Waals surface area (Å²) in [4.78, 5) is 12.0. The largest absolute Gasteiger partial charge is 0.469 e. The zero-order valence-electron chi connectivity index (χ0n) is 11.1. The van der Waals surface area contributed by atoms with Crippen LogP contribution >= 0.6 is 0 Å². The van der Waals surface area contributed by atoms with Crippen LogP contribution in [0.1, 0.15) is 23.0 Å². The number of furan rings is 1. The van der Waals surface area contributed by atoms with Crippen molar-refractivity contribution in [1.29, 1.82) is 0 Å². The predicted molar refractivity (Wildman–Crippen MR) is 75.3 cm³/mol. The van der Waals surface area contributed by atoms with Gasteiger partial charge in [-0.05, 0) is 43.3 Å². The lowest BCUT2D eigenvalue weighted by Gasteiger charge is -2.12.